The average Bonchev–Trinajstić information content (AvgIpc) is 3.02. The lowest BCUT2D eigenvalue weighted by Gasteiger charge is -2.08. The molecule has 0 saturated heterocycles. The summed E-state index contributed by atoms with van der Waals surface area (Å²) in [5.41, 5.74) is 3.81. The molecule has 1 aromatic carbocycles. The first-order valence-corrected chi connectivity index (χ1v) is 8.20. The highest BCUT2D eigenvalue weighted by Crippen LogP contribution is 2.49. The van der Waals surface area contributed by atoms with E-state index in [4.69, 9.17) is 28.2 Å². The third-order valence-corrected chi connectivity index (χ3v) is 4.69. The maximum Gasteiger partial charge on any atom is 0.242 e. The molecule has 1 amide bonds. The lowest BCUT2D eigenvalue weighted by molar-refractivity contribution is -0.118. The van der Waals surface area contributed by atoms with Crippen LogP contribution in [0.4, 0.5) is 0 Å². The number of halogens is 1. The van der Waals surface area contributed by atoms with Crippen LogP contribution in [0.5, 0.6) is 0 Å². The number of carbonyl (C=O) groups is 1. The van der Waals surface area contributed by atoms with Crippen LogP contribution >= 0.6 is 23.8 Å². The van der Waals surface area contributed by atoms with E-state index in [0.717, 1.165) is 12.0 Å². The van der Waals surface area contributed by atoms with Crippen molar-refractivity contribution in [2.75, 3.05) is 5.43 Å². The zero-order valence-corrected chi connectivity index (χ0v) is 14.0. The topological polar surface area (TPSA) is 75.8 Å². The van der Waals surface area contributed by atoms with E-state index in [1.54, 1.807) is 12.1 Å². The van der Waals surface area contributed by atoms with Gasteiger partial charge in [0.15, 0.2) is 5.76 Å². The Kier molecular flexibility index (Phi) is 3.74. The van der Waals surface area contributed by atoms with Crippen LogP contribution in [0.25, 0.3) is 11.6 Å². The normalized spacial score (nSPS) is 19.2. The number of H-pyrrole nitrogens is 1. The molecule has 2 aromatic heterocycles. The van der Waals surface area contributed by atoms with Crippen LogP contribution in [-0.2, 0) is 4.79 Å². The van der Waals surface area contributed by atoms with Gasteiger partial charge < -0.3 is 4.42 Å². The van der Waals surface area contributed by atoms with Crippen LogP contribution in [0.1, 0.15) is 17.9 Å². The minimum atomic E-state index is -0.133. The first kappa shape index (κ1) is 15.2. The summed E-state index contributed by atoms with van der Waals surface area (Å²) in [5, 5.41) is 7.45. The molecule has 6 nitrogen and oxygen atoms in total. The molecule has 2 N–H and O–H groups in total. The van der Waals surface area contributed by atoms with Gasteiger partial charge in [0.2, 0.25) is 16.5 Å². The van der Waals surface area contributed by atoms with Crippen LogP contribution in [-0.4, -0.2) is 20.8 Å². The highest BCUT2D eigenvalue weighted by molar-refractivity contribution is 7.71. The van der Waals surface area contributed by atoms with Gasteiger partial charge in [0.1, 0.15) is 0 Å². The van der Waals surface area contributed by atoms with Gasteiger partial charge in [-0.1, -0.05) is 29.8 Å². The molecule has 0 unspecified atom stereocenters. The van der Waals surface area contributed by atoms with Gasteiger partial charge in [-0.2, -0.15) is 0 Å². The maximum atomic E-state index is 12.5. The van der Waals surface area contributed by atoms with Gasteiger partial charge in [-0.25, -0.2) is 9.77 Å². The summed E-state index contributed by atoms with van der Waals surface area (Å²) < 4.78 is 7.04. The number of rotatable bonds is 4. The summed E-state index contributed by atoms with van der Waals surface area (Å²) in [7, 11) is 0. The van der Waals surface area contributed by atoms with E-state index in [0.29, 0.717) is 21.4 Å². The first-order chi connectivity index (χ1) is 11.6. The maximum absolute atomic E-state index is 12.5. The molecular formula is C16H13ClN4O2S. The number of nitrogens with one attached hydrogen (secondary N) is 2. The van der Waals surface area contributed by atoms with E-state index in [1.165, 1.54) is 10.9 Å². The van der Waals surface area contributed by atoms with Crippen LogP contribution in [0.2, 0.25) is 5.02 Å². The largest absolute Gasteiger partial charge is 0.461 e. The van der Waals surface area contributed by atoms with Gasteiger partial charge in [0, 0.05) is 10.9 Å². The molecule has 24 heavy (non-hydrogen) atoms. The van der Waals surface area contributed by atoms with Crippen LogP contribution in [0.3, 0.4) is 0 Å². The fourth-order valence-electron chi connectivity index (χ4n) is 2.77. The molecule has 1 fully saturated rings. The zero-order valence-electron chi connectivity index (χ0n) is 12.4. The molecule has 2 atom stereocenters. The van der Waals surface area contributed by atoms with Crippen molar-refractivity contribution >= 4 is 29.7 Å². The number of nitrogens with zero attached hydrogens (tertiary/aromatic N) is 2. The van der Waals surface area contributed by atoms with Crippen LogP contribution < -0.4 is 5.43 Å². The van der Waals surface area contributed by atoms with E-state index in [1.807, 2.05) is 24.3 Å². The summed E-state index contributed by atoms with van der Waals surface area (Å²) in [4.78, 5) is 12.5. The fraction of sp³-hybridized carbons (Fsp3) is 0.188. The van der Waals surface area contributed by atoms with Gasteiger partial charge in [0.05, 0.1) is 6.26 Å². The Morgan fingerprint density at radius 2 is 2.21 bits per heavy atom. The lowest BCUT2D eigenvalue weighted by Crippen LogP contribution is -2.25. The summed E-state index contributed by atoms with van der Waals surface area (Å²) in [5.74, 6) is 0.817. The number of carbonyl (C=O) groups excluding carboxylic acids is 1. The third kappa shape index (κ3) is 2.65. The molecule has 4 rings (SSSR count). The highest BCUT2D eigenvalue weighted by atomic mass is 35.5. The van der Waals surface area contributed by atoms with E-state index < -0.39 is 0 Å². The monoisotopic (exact) mass is 360 g/mol. The number of aromatic amines is 1. The van der Waals surface area contributed by atoms with Gasteiger partial charge in [-0.3, -0.25) is 10.2 Å². The SMILES string of the molecule is O=C(Nn1c(-c2ccco2)n[nH]c1=S)[C@@H]1C[C@H]1c1ccccc1Cl. The standard InChI is InChI=1S/C16H13ClN4O2S/c17-12-5-2-1-4-9(12)10-8-11(10)15(22)20-21-14(18-19-16(21)24)13-6-3-7-23-13/h1-7,10-11H,8H2,(H,19,24)(H,20,22)/t10-,11+/m0/s1. The molecule has 0 radical (unpaired) electrons. The van der Waals surface area contributed by atoms with Gasteiger partial charge in [-0.15, -0.1) is 5.10 Å². The van der Waals surface area contributed by atoms with Crippen molar-refractivity contribution in [2.45, 2.75) is 12.3 Å². The van der Waals surface area contributed by atoms with Crippen molar-refractivity contribution in [1.82, 2.24) is 14.9 Å². The summed E-state index contributed by atoms with van der Waals surface area (Å²) in [6.07, 6.45) is 2.30. The van der Waals surface area contributed by atoms with E-state index in [2.05, 4.69) is 15.6 Å². The van der Waals surface area contributed by atoms with E-state index >= 15 is 0 Å². The van der Waals surface area contributed by atoms with Crippen molar-refractivity contribution in [1.29, 1.82) is 0 Å². The van der Waals surface area contributed by atoms with Crippen molar-refractivity contribution in [2.24, 2.45) is 5.92 Å². The van der Waals surface area contributed by atoms with E-state index in [9.17, 15) is 4.79 Å². The number of amides is 1. The van der Waals surface area contributed by atoms with Gasteiger partial charge >= 0.3 is 0 Å². The predicted molar refractivity (Wildman–Crippen MR) is 91.8 cm³/mol. The molecular weight excluding hydrogens is 348 g/mol. The Bertz CT molecular complexity index is 947. The Morgan fingerprint density at radius 1 is 1.38 bits per heavy atom. The smallest absolute Gasteiger partial charge is 0.242 e. The third-order valence-electron chi connectivity index (χ3n) is 4.07. The summed E-state index contributed by atoms with van der Waals surface area (Å²) >= 11 is 11.4. The molecule has 1 aliphatic carbocycles. The van der Waals surface area contributed by atoms with Crippen molar-refractivity contribution < 1.29 is 9.21 Å². The van der Waals surface area contributed by atoms with Gasteiger partial charge in [-0.05, 0) is 48.3 Å². The van der Waals surface area contributed by atoms with Crippen LogP contribution in [0, 0.1) is 10.7 Å². The predicted octanol–water partition coefficient (Wildman–Crippen LogP) is 3.73. The minimum Gasteiger partial charge on any atom is -0.461 e. The Balaban J connectivity index is 1.54. The molecule has 8 heteroatoms. The number of hydrogen-bond acceptors (Lipinski definition) is 4. The van der Waals surface area contributed by atoms with Gasteiger partial charge in [0.25, 0.3) is 0 Å². The zero-order chi connectivity index (χ0) is 16.7. The quantitative estimate of drug-likeness (QED) is 0.695. The summed E-state index contributed by atoms with van der Waals surface area (Å²) in [6, 6.07) is 11.1. The minimum absolute atomic E-state index is 0.120. The molecule has 122 valence electrons. The number of furan rings is 1. The van der Waals surface area contributed by atoms with Crippen molar-refractivity contribution in [3.05, 3.63) is 58.0 Å². The second-order valence-corrected chi connectivity index (χ2v) is 6.41. The molecule has 1 saturated carbocycles. The number of benzene rings is 1. The average molecular weight is 361 g/mol. The molecule has 2 heterocycles. The summed E-state index contributed by atoms with van der Waals surface area (Å²) in [6.45, 7) is 0. The Morgan fingerprint density at radius 3 is 2.96 bits per heavy atom. The van der Waals surface area contributed by atoms with Crippen molar-refractivity contribution in [3.63, 3.8) is 0 Å². The lowest BCUT2D eigenvalue weighted by atomic mass is 10.1. The Labute approximate surface area is 147 Å². The Hall–Kier alpha value is -2.38. The molecule has 3 aromatic rings. The first-order valence-electron chi connectivity index (χ1n) is 7.41. The molecule has 0 aliphatic heterocycles. The number of aromatic nitrogens is 3. The molecule has 1 aliphatic rings. The van der Waals surface area contributed by atoms with E-state index in [-0.39, 0.29) is 17.7 Å². The second-order valence-electron chi connectivity index (χ2n) is 5.61. The number of hydrogen-bond donors (Lipinski definition) is 2. The molecule has 0 spiro atoms. The van der Waals surface area contributed by atoms with Crippen molar-refractivity contribution in [3.8, 4) is 11.6 Å². The van der Waals surface area contributed by atoms with Crippen LogP contribution in [0.15, 0.2) is 47.1 Å². The fourth-order valence-corrected chi connectivity index (χ4v) is 3.22. The highest BCUT2D eigenvalue weighted by Gasteiger charge is 2.45. The second kappa shape index (κ2) is 5.92. The molecule has 0 bridgehead atoms.